The maximum Gasteiger partial charge on any atom is 0.303 e. The van der Waals surface area contributed by atoms with Crippen LogP contribution in [0.5, 0.6) is 0 Å². The molecular formula is C14H23NO3. The van der Waals surface area contributed by atoms with E-state index < -0.39 is 5.97 Å². The summed E-state index contributed by atoms with van der Waals surface area (Å²) in [6.45, 7) is 3.52. The molecule has 2 aliphatic rings. The van der Waals surface area contributed by atoms with Gasteiger partial charge < -0.3 is 10.0 Å². The summed E-state index contributed by atoms with van der Waals surface area (Å²) in [6, 6.07) is 0. The normalized spacial score (nSPS) is 27.2. The number of piperidine rings is 1. The number of hydrogen-bond acceptors (Lipinski definition) is 2. The van der Waals surface area contributed by atoms with Crippen molar-refractivity contribution < 1.29 is 14.7 Å². The van der Waals surface area contributed by atoms with Gasteiger partial charge in [-0.15, -0.1) is 0 Å². The van der Waals surface area contributed by atoms with Crippen LogP contribution in [-0.4, -0.2) is 35.0 Å². The smallest absolute Gasteiger partial charge is 0.303 e. The van der Waals surface area contributed by atoms with E-state index in [0.717, 1.165) is 45.1 Å². The van der Waals surface area contributed by atoms with Gasteiger partial charge in [-0.05, 0) is 31.6 Å². The molecule has 0 spiro atoms. The van der Waals surface area contributed by atoms with Gasteiger partial charge >= 0.3 is 5.97 Å². The highest BCUT2D eigenvalue weighted by Gasteiger charge is 2.40. The van der Waals surface area contributed by atoms with Crippen LogP contribution < -0.4 is 0 Å². The number of hydrogen-bond donors (Lipinski definition) is 1. The van der Waals surface area contributed by atoms with Gasteiger partial charge in [-0.2, -0.15) is 0 Å². The summed E-state index contributed by atoms with van der Waals surface area (Å²) in [6.07, 6.45) is 6.36. The summed E-state index contributed by atoms with van der Waals surface area (Å²) in [7, 11) is 0. The number of carboxylic acid groups (broad SMARTS) is 1. The van der Waals surface area contributed by atoms with Gasteiger partial charge in [0, 0.05) is 24.9 Å². The van der Waals surface area contributed by atoms with E-state index in [-0.39, 0.29) is 23.7 Å². The molecule has 1 saturated carbocycles. The summed E-state index contributed by atoms with van der Waals surface area (Å²) >= 11 is 0. The third kappa shape index (κ3) is 2.85. The number of aliphatic carboxylic acids is 1. The lowest BCUT2D eigenvalue weighted by Gasteiger charge is -2.37. The summed E-state index contributed by atoms with van der Waals surface area (Å²) in [5, 5.41) is 8.85. The number of carbonyl (C=O) groups excluding carboxylic acids is 1. The minimum absolute atomic E-state index is 0.144. The number of rotatable bonds is 3. The first-order chi connectivity index (χ1) is 8.51. The van der Waals surface area contributed by atoms with Gasteiger partial charge in [0.05, 0.1) is 0 Å². The zero-order chi connectivity index (χ0) is 13.2. The molecule has 2 rings (SSSR count). The van der Waals surface area contributed by atoms with Crippen LogP contribution in [-0.2, 0) is 9.59 Å². The molecule has 4 nitrogen and oxygen atoms in total. The average molecular weight is 253 g/mol. The fourth-order valence-electron chi connectivity index (χ4n) is 3.41. The molecule has 1 saturated heterocycles. The Balaban J connectivity index is 1.95. The Kier molecular flexibility index (Phi) is 3.93. The molecule has 1 N–H and O–H groups in total. The Hall–Kier alpha value is -1.06. The van der Waals surface area contributed by atoms with Crippen molar-refractivity contribution in [3.8, 4) is 0 Å². The first-order valence-electron chi connectivity index (χ1n) is 7.02. The molecule has 1 atom stereocenters. The van der Waals surface area contributed by atoms with E-state index in [1.165, 1.54) is 0 Å². The number of carbonyl (C=O) groups is 2. The van der Waals surface area contributed by atoms with E-state index in [1.807, 2.05) is 4.90 Å². The highest BCUT2D eigenvalue weighted by atomic mass is 16.4. The zero-order valence-electron chi connectivity index (χ0n) is 11.2. The molecule has 18 heavy (non-hydrogen) atoms. The molecular weight excluding hydrogens is 230 g/mol. The highest BCUT2D eigenvalue weighted by molar-refractivity contribution is 5.82. The molecule has 4 heteroatoms. The third-order valence-corrected chi connectivity index (χ3v) is 4.49. The summed E-state index contributed by atoms with van der Waals surface area (Å²) in [5.74, 6) is -0.346. The fourth-order valence-corrected chi connectivity index (χ4v) is 3.41. The minimum Gasteiger partial charge on any atom is -0.481 e. The highest BCUT2D eigenvalue weighted by Crippen LogP contribution is 2.40. The molecule has 1 aliphatic heterocycles. The van der Waals surface area contributed by atoms with Gasteiger partial charge in [-0.1, -0.05) is 19.8 Å². The van der Waals surface area contributed by atoms with Crippen LogP contribution in [0.4, 0.5) is 0 Å². The second-order valence-corrected chi connectivity index (χ2v) is 6.13. The zero-order valence-corrected chi connectivity index (χ0v) is 11.2. The van der Waals surface area contributed by atoms with Gasteiger partial charge in [0.2, 0.25) is 5.91 Å². The van der Waals surface area contributed by atoms with Crippen molar-refractivity contribution in [2.75, 3.05) is 13.1 Å². The molecule has 0 aromatic rings. The Bertz CT molecular complexity index is 334. The lowest BCUT2D eigenvalue weighted by Crippen LogP contribution is -2.46. The maximum atomic E-state index is 12.5. The van der Waals surface area contributed by atoms with Crippen molar-refractivity contribution in [1.29, 1.82) is 0 Å². The summed E-state index contributed by atoms with van der Waals surface area (Å²) in [4.78, 5) is 25.2. The lowest BCUT2D eigenvalue weighted by atomic mass is 9.85. The van der Waals surface area contributed by atoms with Crippen LogP contribution in [0.2, 0.25) is 0 Å². The largest absolute Gasteiger partial charge is 0.481 e. The molecule has 2 fully saturated rings. The van der Waals surface area contributed by atoms with Crippen molar-refractivity contribution in [2.45, 2.75) is 51.9 Å². The topological polar surface area (TPSA) is 57.6 Å². The van der Waals surface area contributed by atoms with E-state index in [1.54, 1.807) is 0 Å². The van der Waals surface area contributed by atoms with Gasteiger partial charge in [0.25, 0.3) is 0 Å². The van der Waals surface area contributed by atoms with Crippen LogP contribution in [0, 0.1) is 11.3 Å². The van der Waals surface area contributed by atoms with Gasteiger partial charge in [-0.3, -0.25) is 9.59 Å². The minimum atomic E-state index is -0.749. The van der Waals surface area contributed by atoms with Crippen molar-refractivity contribution in [1.82, 2.24) is 4.90 Å². The van der Waals surface area contributed by atoms with E-state index in [0.29, 0.717) is 6.54 Å². The molecule has 0 radical (unpaired) electrons. The SMILES string of the molecule is CC1(C(=O)N2CCCC(CC(=O)O)C2)CCCC1. The van der Waals surface area contributed by atoms with Crippen molar-refractivity contribution >= 4 is 11.9 Å². The van der Waals surface area contributed by atoms with Gasteiger partial charge in [0.15, 0.2) is 0 Å². The number of amides is 1. The first-order valence-corrected chi connectivity index (χ1v) is 7.02. The first kappa shape index (κ1) is 13.4. The predicted molar refractivity (Wildman–Crippen MR) is 68.1 cm³/mol. The second kappa shape index (κ2) is 5.29. The Labute approximate surface area is 108 Å². The third-order valence-electron chi connectivity index (χ3n) is 4.49. The molecule has 1 aliphatic carbocycles. The van der Waals surface area contributed by atoms with Crippen molar-refractivity contribution in [3.63, 3.8) is 0 Å². The van der Waals surface area contributed by atoms with E-state index in [9.17, 15) is 9.59 Å². The van der Waals surface area contributed by atoms with E-state index in [2.05, 4.69) is 6.92 Å². The lowest BCUT2D eigenvalue weighted by molar-refractivity contribution is -0.145. The molecule has 0 aromatic heterocycles. The number of nitrogens with zero attached hydrogens (tertiary/aromatic N) is 1. The standard InChI is InChI=1S/C14H23NO3/c1-14(6-2-3-7-14)13(18)15-8-4-5-11(10-15)9-12(16)17/h11H,2-10H2,1H3,(H,16,17). The van der Waals surface area contributed by atoms with E-state index >= 15 is 0 Å². The Morgan fingerprint density at radius 1 is 1.28 bits per heavy atom. The van der Waals surface area contributed by atoms with E-state index in [4.69, 9.17) is 5.11 Å². The Morgan fingerprint density at radius 2 is 1.94 bits per heavy atom. The molecule has 1 amide bonds. The van der Waals surface area contributed by atoms with Crippen LogP contribution >= 0.6 is 0 Å². The maximum absolute atomic E-state index is 12.5. The predicted octanol–water partition coefficient (Wildman–Crippen LogP) is 2.28. The van der Waals surface area contributed by atoms with Crippen LogP contribution in [0.1, 0.15) is 51.9 Å². The Morgan fingerprint density at radius 3 is 2.56 bits per heavy atom. The monoisotopic (exact) mass is 253 g/mol. The fraction of sp³-hybridized carbons (Fsp3) is 0.857. The number of likely N-dealkylation sites (tertiary alicyclic amines) is 1. The molecule has 1 unspecified atom stereocenters. The van der Waals surface area contributed by atoms with Gasteiger partial charge in [-0.25, -0.2) is 0 Å². The van der Waals surface area contributed by atoms with Crippen LogP contribution in [0.25, 0.3) is 0 Å². The van der Waals surface area contributed by atoms with Crippen molar-refractivity contribution in [3.05, 3.63) is 0 Å². The molecule has 102 valence electrons. The van der Waals surface area contributed by atoms with Crippen LogP contribution in [0.15, 0.2) is 0 Å². The van der Waals surface area contributed by atoms with Gasteiger partial charge in [0.1, 0.15) is 0 Å². The summed E-state index contributed by atoms with van der Waals surface area (Å²) in [5.41, 5.74) is -0.175. The molecule has 0 aromatic carbocycles. The summed E-state index contributed by atoms with van der Waals surface area (Å²) < 4.78 is 0. The van der Waals surface area contributed by atoms with Crippen molar-refractivity contribution in [2.24, 2.45) is 11.3 Å². The van der Waals surface area contributed by atoms with Crippen LogP contribution in [0.3, 0.4) is 0 Å². The average Bonchev–Trinajstić information content (AvgIpc) is 2.76. The second-order valence-electron chi connectivity index (χ2n) is 6.13. The molecule has 1 heterocycles. The quantitative estimate of drug-likeness (QED) is 0.839. The number of carboxylic acids is 1. The molecule has 0 bridgehead atoms.